The molecule has 0 radical (unpaired) electrons. The number of sulfonamides is 1. The predicted octanol–water partition coefficient (Wildman–Crippen LogP) is 3.32. The Labute approximate surface area is 160 Å². The van der Waals surface area contributed by atoms with E-state index >= 15 is 0 Å². The van der Waals surface area contributed by atoms with Gasteiger partial charge in [0.05, 0.1) is 4.90 Å². The predicted molar refractivity (Wildman–Crippen MR) is 95.7 cm³/mol. The van der Waals surface area contributed by atoms with Crippen molar-refractivity contribution in [2.45, 2.75) is 41.0 Å². The first-order valence-corrected chi connectivity index (χ1v) is 11.1. The highest BCUT2D eigenvalue weighted by Crippen LogP contribution is 2.37. The van der Waals surface area contributed by atoms with Gasteiger partial charge in [0, 0.05) is 37.0 Å². The smallest absolute Gasteiger partial charge is 0.340 e. The molecule has 3 rings (SSSR count). The Hall–Kier alpha value is -1.26. The number of carbonyl (C=O) groups excluding carboxylic acids is 1. The Morgan fingerprint density at radius 1 is 1.00 bits per heavy atom. The van der Waals surface area contributed by atoms with Gasteiger partial charge >= 0.3 is 5.51 Å². The Bertz CT molecular complexity index is 768. The monoisotopic (exact) mass is 422 g/mol. The molecule has 1 saturated heterocycles. The van der Waals surface area contributed by atoms with Crippen molar-refractivity contribution >= 4 is 27.7 Å². The van der Waals surface area contributed by atoms with Crippen molar-refractivity contribution in [3.63, 3.8) is 0 Å². The van der Waals surface area contributed by atoms with Crippen LogP contribution in [0.3, 0.4) is 0 Å². The zero-order valence-corrected chi connectivity index (χ0v) is 16.2. The maximum atomic E-state index is 12.7. The van der Waals surface area contributed by atoms with E-state index in [4.69, 9.17) is 0 Å². The van der Waals surface area contributed by atoms with Crippen molar-refractivity contribution in [3.8, 4) is 0 Å². The van der Waals surface area contributed by atoms with Crippen LogP contribution in [0.2, 0.25) is 0 Å². The molecular formula is C17H21F3N2O3S2. The van der Waals surface area contributed by atoms with E-state index in [0.29, 0.717) is 13.1 Å². The second-order valence-corrected chi connectivity index (χ2v) is 9.81. The van der Waals surface area contributed by atoms with E-state index in [2.05, 4.69) is 0 Å². The van der Waals surface area contributed by atoms with Crippen LogP contribution in [0.25, 0.3) is 0 Å². The summed E-state index contributed by atoms with van der Waals surface area (Å²) in [5.74, 6) is 0.171. The molecule has 1 aliphatic heterocycles. The second-order valence-electron chi connectivity index (χ2n) is 6.73. The van der Waals surface area contributed by atoms with Crippen LogP contribution in [0, 0.1) is 5.92 Å². The molecule has 5 nitrogen and oxygen atoms in total. The summed E-state index contributed by atoms with van der Waals surface area (Å²) in [6.45, 7) is 1.08. The summed E-state index contributed by atoms with van der Waals surface area (Å²) in [5.41, 5.74) is -4.41. The van der Waals surface area contributed by atoms with Crippen molar-refractivity contribution in [1.82, 2.24) is 9.21 Å². The van der Waals surface area contributed by atoms with Crippen molar-refractivity contribution < 1.29 is 26.4 Å². The first kappa shape index (κ1) is 20.5. The van der Waals surface area contributed by atoms with Crippen molar-refractivity contribution in [2.75, 3.05) is 26.2 Å². The molecular weight excluding hydrogens is 401 g/mol. The molecule has 10 heteroatoms. The molecule has 0 spiro atoms. The number of nitrogens with zero attached hydrogens (tertiary/aromatic N) is 2. The number of piperazine rings is 1. The lowest BCUT2D eigenvalue weighted by molar-refractivity contribution is -0.136. The third kappa shape index (κ3) is 4.97. The van der Waals surface area contributed by atoms with Gasteiger partial charge in [-0.3, -0.25) is 4.79 Å². The molecule has 2 aliphatic rings. The average Bonchev–Trinajstić information content (AvgIpc) is 3.15. The van der Waals surface area contributed by atoms with Crippen LogP contribution in [0.1, 0.15) is 25.7 Å². The molecule has 0 atom stereocenters. The minimum absolute atomic E-state index is 0.0374. The van der Waals surface area contributed by atoms with Crippen molar-refractivity contribution in [1.29, 1.82) is 0 Å². The topological polar surface area (TPSA) is 57.7 Å². The highest BCUT2D eigenvalue weighted by molar-refractivity contribution is 8.00. The maximum absolute atomic E-state index is 12.7. The van der Waals surface area contributed by atoms with Crippen LogP contribution in [0.4, 0.5) is 13.2 Å². The van der Waals surface area contributed by atoms with E-state index in [1.54, 1.807) is 4.90 Å². The van der Waals surface area contributed by atoms with Crippen LogP contribution >= 0.6 is 11.8 Å². The van der Waals surface area contributed by atoms with E-state index in [0.717, 1.165) is 37.8 Å². The summed E-state index contributed by atoms with van der Waals surface area (Å²) in [6.07, 6.45) is 3.93. The largest absolute Gasteiger partial charge is 0.446 e. The lowest BCUT2D eigenvalue weighted by Gasteiger charge is -2.35. The Morgan fingerprint density at radius 3 is 2.07 bits per heavy atom. The highest BCUT2D eigenvalue weighted by Gasteiger charge is 2.34. The summed E-state index contributed by atoms with van der Waals surface area (Å²) < 4.78 is 63.9. The van der Waals surface area contributed by atoms with E-state index in [1.165, 1.54) is 16.4 Å². The van der Waals surface area contributed by atoms with E-state index in [1.807, 2.05) is 0 Å². The average molecular weight is 422 g/mol. The van der Waals surface area contributed by atoms with Gasteiger partial charge in [0.1, 0.15) is 0 Å². The van der Waals surface area contributed by atoms with Gasteiger partial charge in [0.25, 0.3) is 0 Å². The normalized spacial score (nSPS) is 20.2. The lowest BCUT2D eigenvalue weighted by atomic mass is 10.1. The third-order valence-electron chi connectivity index (χ3n) is 4.95. The molecule has 1 aromatic rings. The summed E-state index contributed by atoms with van der Waals surface area (Å²) in [4.78, 5) is 14.1. The third-order valence-corrected chi connectivity index (χ3v) is 7.60. The van der Waals surface area contributed by atoms with Gasteiger partial charge in [-0.2, -0.15) is 17.5 Å². The number of rotatable bonds is 4. The Kier molecular flexibility index (Phi) is 6.07. The Balaban J connectivity index is 1.62. The van der Waals surface area contributed by atoms with Crippen LogP contribution in [-0.2, 0) is 14.8 Å². The number of hydrogen-bond donors (Lipinski definition) is 0. The second kappa shape index (κ2) is 8.00. The Morgan fingerprint density at radius 2 is 1.56 bits per heavy atom. The van der Waals surface area contributed by atoms with Gasteiger partial charge in [-0.25, -0.2) is 8.42 Å². The maximum Gasteiger partial charge on any atom is 0.446 e. The minimum atomic E-state index is -4.41. The number of halogens is 3. The van der Waals surface area contributed by atoms with Gasteiger partial charge in [-0.1, -0.05) is 12.8 Å². The van der Waals surface area contributed by atoms with Crippen LogP contribution in [0.15, 0.2) is 34.1 Å². The van der Waals surface area contributed by atoms with Crippen molar-refractivity contribution in [2.24, 2.45) is 5.92 Å². The van der Waals surface area contributed by atoms with Gasteiger partial charge in [0.2, 0.25) is 15.9 Å². The molecule has 1 heterocycles. The standard InChI is InChI=1S/C17H21F3N2O3S2/c18-17(19,20)26-14-5-7-15(8-6-14)27(24,25)22-11-9-21(10-12-22)16(23)13-3-1-2-4-13/h5-8,13H,1-4,9-12H2. The fourth-order valence-electron chi connectivity index (χ4n) is 3.54. The number of amides is 1. The molecule has 0 aromatic heterocycles. The number of thioether (sulfide) groups is 1. The molecule has 1 amide bonds. The van der Waals surface area contributed by atoms with Crippen LogP contribution in [0.5, 0.6) is 0 Å². The summed E-state index contributed by atoms with van der Waals surface area (Å²) in [7, 11) is -3.79. The highest BCUT2D eigenvalue weighted by atomic mass is 32.2. The minimum Gasteiger partial charge on any atom is -0.340 e. The van der Waals surface area contributed by atoms with E-state index in [-0.39, 0.29) is 46.5 Å². The molecule has 1 aliphatic carbocycles. The van der Waals surface area contributed by atoms with Crippen LogP contribution < -0.4 is 0 Å². The molecule has 0 N–H and O–H groups in total. The lowest BCUT2D eigenvalue weighted by Crippen LogP contribution is -2.51. The number of hydrogen-bond acceptors (Lipinski definition) is 4. The zero-order chi connectivity index (χ0) is 19.7. The molecule has 150 valence electrons. The molecule has 0 bridgehead atoms. The quantitative estimate of drug-likeness (QED) is 0.699. The SMILES string of the molecule is O=C(C1CCCC1)N1CCN(S(=O)(=O)c2ccc(SC(F)(F)F)cc2)CC1. The number of benzene rings is 1. The summed E-state index contributed by atoms with van der Waals surface area (Å²) in [6, 6.07) is 4.70. The van der Waals surface area contributed by atoms with Gasteiger partial charge in [0.15, 0.2) is 0 Å². The fourth-order valence-corrected chi connectivity index (χ4v) is 5.50. The molecule has 2 fully saturated rings. The molecule has 0 unspecified atom stereocenters. The van der Waals surface area contributed by atoms with Gasteiger partial charge in [-0.15, -0.1) is 0 Å². The first-order valence-electron chi connectivity index (χ1n) is 8.81. The first-order chi connectivity index (χ1) is 12.7. The number of carbonyl (C=O) groups is 1. The van der Waals surface area contributed by atoms with Crippen LogP contribution in [-0.4, -0.2) is 55.2 Å². The number of alkyl halides is 3. The zero-order valence-electron chi connectivity index (χ0n) is 14.6. The molecule has 1 aromatic carbocycles. The molecule has 1 saturated carbocycles. The molecule has 27 heavy (non-hydrogen) atoms. The van der Waals surface area contributed by atoms with Gasteiger partial charge in [-0.05, 0) is 48.9 Å². The summed E-state index contributed by atoms with van der Waals surface area (Å²) in [5, 5.41) is 0. The summed E-state index contributed by atoms with van der Waals surface area (Å²) >= 11 is -0.281. The van der Waals surface area contributed by atoms with E-state index in [9.17, 15) is 26.4 Å². The van der Waals surface area contributed by atoms with E-state index < -0.39 is 15.5 Å². The van der Waals surface area contributed by atoms with Crippen molar-refractivity contribution in [3.05, 3.63) is 24.3 Å². The van der Waals surface area contributed by atoms with Gasteiger partial charge < -0.3 is 4.90 Å². The fraction of sp³-hybridized carbons (Fsp3) is 0.588.